The van der Waals surface area contributed by atoms with Gasteiger partial charge in [0, 0.05) is 18.9 Å². The van der Waals surface area contributed by atoms with Crippen molar-refractivity contribution < 1.29 is 0 Å². The number of para-hydroxylation sites is 2. The summed E-state index contributed by atoms with van der Waals surface area (Å²) in [5.41, 5.74) is 1.94. The molecule has 20 heavy (non-hydrogen) atoms. The van der Waals surface area contributed by atoms with E-state index in [0.29, 0.717) is 0 Å². The Hall–Kier alpha value is -2.19. The smallest absolute Gasteiger partial charge is 0.0629 e. The quantitative estimate of drug-likeness (QED) is 0.678. The lowest BCUT2D eigenvalue weighted by molar-refractivity contribution is 1.46. The Bertz CT molecular complexity index is 560. The summed E-state index contributed by atoms with van der Waals surface area (Å²) in [6.07, 6.45) is 8.45. The molecule has 0 spiro atoms. The number of rotatable bonds is 5. The van der Waals surface area contributed by atoms with Crippen molar-refractivity contribution >= 4 is 36.2 Å². The van der Waals surface area contributed by atoms with E-state index in [9.17, 15) is 0 Å². The summed E-state index contributed by atoms with van der Waals surface area (Å²) in [7, 11) is 0. The molecule has 0 N–H and O–H groups in total. The predicted molar refractivity (Wildman–Crippen MR) is 90.2 cm³/mol. The van der Waals surface area contributed by atoms with Gasteiger partial charge in [0.15, 0.2) is 0 Å². The molecule has 2 aromatic carbocycles. The molecule has 0 fully saturated rings. The fourth-order valence-corrected chi connectivity index (χ4v) is 1.52. The molecule has 0 heterocycles. The molecule has 0 bridgehead atoms. The van der Waals surface area contributed by atoms with Gasteiger partial charge in [0.1, 0.15) is 0 Å². The van der Waals surface area contributed by atoms with Crippen LogP contribution in [0.5, 0.6) is 0 Å². The minimum absolute atomic E-state index is 0. The van der Waals surface area contributed by atoms with Crippen molar-refractivity contribution in [1.82, 2.24) is 0 Å². The standard InChI is InChI=1S/C17H16N2.ClH/c1-4-10-16(11-5-1)18-14-8-3-9-15-19-17-12-6-2-7-13-17;/h1-8,10-15H,9H2;1H. The SMILES string of the molecule is C(=CCC=Nc1ccccc1)C=Nc1ccccc1.Cl. The van der Waals surface area contributed by atoms with Gasteiger partial charge >= 0.3 is 0 Å². The van der Waals surface area contributed by atoms with Gasteiger partial charge in [-0.25, -0.2) is 0 Å². The van der Waals surface area contributed by atoms with Gasteiger partial charge in [-0.05, 0) is 30.3 Å². The van der Waals surface area contributed by atoms with Crippen LogP contribution in [0.25, 0.3) is 0 Å². The Morgan fingerprint density at radius 2 is 1.30 bits per heavy atom. The van der Waals surface area contributed by atoms with Crippen molar-refractivity contribution in [3.05, 3.63) is 72.8 Å². The highest BCUT2D eigenvalue weighted by atomic mass is 35.5. The van der Waals surface area contributed by atoms with Crippen LogP contribution in [0.15, 0.2) is 82.8 Å². The average molecular weight is 285 g/mol. The van der Waals surface area contributed by atoms with Crippen LogP contribution in [0.1, 0.15) is 6.42 Å². The maximum atomic E-state index is 4.34. The molecule has 0 unspecified atom stereocenters. The molecule has 0 aliphatic heterocycles. The maximum Gasteiger partial charge on any atom is 0.0629 e. The summed E-state index contributed by atoms with van der Waals surface area (Å²) >= 11 is 0. The molecule has 2 rings (SSSR count). The minimum Gasteiger partial charge on any atom is -0.261 e. The van der Waals surface area contributed by atoms with Gasteiger partial charge in [-0.1, -0.05) is 42.5 Å². The number of aliphatic imine (C=N–C) groups is 2. The lowest BCUT2D eigenvalue weighted by atomic mass is 10.3. The first-order valence-corrected chi connectivity index (χ1v) is 6.27. The Balaban J connectivity index is 0.00000200. The van der Waals surface area contributed by atoms with Crippen molar-refractivity contribution in [1.29, 1.82) is 0 Å². The predicted octanol–water partition coefficient (Wildman–Crippen LogP) is 5.16. The van der Waals surface area contributed by atoms with E-state index in [2.05, 4.69) is 9.98 Å². The second kappa shape index (κ2) is 9.70. The summed E-state index contributed by atoms with van der Waals surface area (Å²) in [5, 5.41) is 0. The molecule has 2 aromatic rings. The Labute approximate surface area is 126 Å². The molecule has 0 saturated heterocycles. The summed E-state index contributed by atoms with van der Waals surface area (Å²) in [4.78, 5) is 8.65. The third-order valence-corrected chi connectivity index (χ3v) is 2.44. The zero-order chi connectivity index (χ0) is 13.2. The van der Waals surface area contributed by atoms with E-state index >= 15 is 0 Å². The molecule has 0 aromatic heterocycles. The van der Waals surface area contributed by atoms with E-state index in [1.807, 2.05) is 79.0 Å². The number of hydrogen-bond donors (Lipinski definition) is 0. The second-order valence-electron chi connectivity index (χ2n) is 3.92. The normalized spacial score (nSPS) is 11.2. The molecular weight excluding hydrogens is 268 g/mol. The molecule has 102 valence electrons. The molecule has 0 atom stereocenters. The monoisotopic (exact) mass is 284 g/mol. The number of nitrogens with zero attached hydrogens (tertiary/aromatic N) is 2. The maximum absolute atomic E-state index is 4.34. The van der Waals surface area contributed by atoms with Crippen molar-refractivity contribution in [3.8, 4) is 0 Å². The lowest BCUT2D eigenvalue weighted by Crippen LogP contribution is -1.71. The number of allylic oxidation sites excluding steroid dienone is 2. The van der Waals surface area contributed by atoms with Crippen LogP contribution in [0.4, 0.5) is 11.4 Å². The van der Waals surface area contributed by atoms with Crippen LogP contribution < -0.4 is 0 Å². The summed E-state index contributed by atoms with van der Waals surface area (Å²) < 4.78 is 0. The van der Waals surface area contributed by atoms with Gasteiger partial charge in [-0.15, -0.1) is 12.4 Å². The van der Waals surface area contributed by atoms with Crippen LogP contribution in [0, 0.1) is 0 Å². The zero-order valence-corrected chi connectivity index (χ0v) is 11.9. The van der Waals surface area contributed by atoms with Gasteiger partial charge in [0.05, 0.1) is 11.4 Å². The Morgan fingerprint density at radius 1 is 0.750 bits per heavy atom. The molecule has 0 amide bonds. The van der Waals surface area contributed by atoms with E-state index < -0.39 is 0 Å². The highest BCUT2D eigenvalue weighted by Crippen LogP contribution is 2.09. The molecule has 3 heteroatoms. The Morgan fingerprint density at radius 3 is 1.90 bits per heavy atom. The largest absolute Gasteiger partial charge is 0.261 e. The second-order valence-corrected chi connectivity index (χ2v) is 3.92. The van der Waals surface area contributed by atoms with E-state index in [4.69, 9.17) is 0 Å². The highest BCUT2D eigenvalue weighted by molar-refractivity contribution is 5.85. The molecular formula is C17H17ClN2. The zero-order valence-electron chi connectivity index (χ0n) is 11.1. The molecule has 0 aliphatic rings. The van der Waals surface area contributed by atoms with Gasteiger partial charge < -0.3 is 0 Å². The first-order valence-electron chi connectivity index (χ1n) is 6.27. The Kier molecular flexibility index (Phi) is 7.70. The van der Waals surface area contributed by atoms with Crippen molar-refractivity contribution in [2.45, 2.75) is 6.42 Å². The van der Waals surface area contributed by atoms with E-state index in [1.165, 1.54) is 0 Å². The fraction of sp³-hybridized carbons (Fsp3) is 0.0588. The van der Waals surface area contributed by atoms with Crippen molar-refractivity contribution in [3.63, 3.8) is 0 Å². The number of halogens is 1. The van der Waals surface area contributed by atoms with Crippen LogP contribution in [-0.4, -0.2) is 12.4 Å². The third-order valence-electron chi connectivity index (χ3n) is 2.44. The van der Waals surface area contributed by atoms with Crippen LogP contribution in [0.2, 0.25) is 0 Å². The summed E-state index contributed by atoms with van der Waals surface area (Å²) in [6.45, 7) is 0. The van der Waals surface area contributed by atoms with Crippen LogP contribution >= 0.6 is 12.4 Å². The van der Waals surface area contributed by atoms with Gasteiger partial charge in [-0.2, -0.15) is 0 Å². The first kappa shape index (κ1) is 15.9. The topological polar surface area (TPSA) is 24.7 Å². The van der Waals surface area contributed by atoms with E-state index in [0.717, 1.165) is 17.8 Å². The first-order chi connectivity index (χ1) is 9.45. The average Bonchev–Trinajstić information content (AvgIpc) is 2.48. The van der Waals surface area contributed by atoms with Crippen molar-refractivity contribution in [2.75, 3.05) is 0 Å². The van der Waals surface area contributed by atoms with Crippen LogP contribution in [-0.2, 0) is 0 Å². The summed E-state index contributed by atoms with van der Waals surface area (Å²) in [5.74, 6) is 0. The lowest BCUT2D eigenvalue weighted by Gasteiger charge is -1.89. The summed E-state index contributed by atoms with van der Waals surface area (Å²) in [6, 6.07) is 19.8. The molecule has 0 radical (unpaired) electrons. The van der Waals surface area contributed by atoms with Crippen molar-refractivity contribution in [2.24, 2.45) is 9.98 Å². The third kappa shape index (κ3) is 6.12. The fourth-order valence-electron chi connectivity index (χ4n) is 1.52. The van der Waals surface area contributed by atoms with E-state index in [-0.39, 0.29) is 12.4 Å². The van der Waals surface area contributed by atoms with Gasteiger partial charge in [-0.3, -0.25) is 9.98 Å². The highest BCUT2D eigenvalue weighted by Gasteiger charge is 1.82. The van der Waals surface area contributed by atoms with Crippen LogP contribution in [0.3, 0.4) is 0 Å². The molecule has 2 nitrogen and oxygen atoms in total. The number of hydrogen-bond acceptors (Lipinski definition) is 2. The molecule has 0 aliphatic carbocycles. The van der Waals surface area contributed by atoms with E-state index in [1.54, 1.807) is 6.21 Å². The van der Waals surface area contributed by atoms with Gasteiger partial charge in [0.25, 0.3) is 0 Å². The minimum atomic E-state index is 0. The van der Waals surface area contributed by atoms with Gasteiger partial charge in [0.2, 0.25) is 0 Å². The number of benzene rings is 2. The molecule has 0 saturated carbocycles.